The highest BCUT2D eigenvalue weighted by Crippen LogP contribution is 2.33. The Kier molecular flexibility index (Phi) is 4.30. The van der Waals surface area contributed by atoms with Crippen LogP contribution in [0.15, 0.2) is 101 Å². The Labute approximate surface area is 188 Å². The molecule has 158 valence electrons. The fourth-order valence-corrected chi connectivity index (χ4v) is 3.97. The third-order valence-electron chi connectivity index (χ3n) is 5.52. The van der Waals surface area contributed by atoms with Gasteiger partial charge in [-0.3, -0.25) is 9.36 Å². The van der Waals surface area contributed by atoms with E-state index in [4.69, 9.17) is 9.15 Å². The van der Waals surface area contributed by atoms with E-state index < -0.39 is 11.8 Å². The van der Waals surface area contributed by atoms with Crippen molar-refractivity contribution >= 4 is 29.1 Å². The van der Waals surface area contributed by atoms with Crippen LogP contribution in [0.4, 0.5) is 0 Å². The van der Waals surface area contributed by atoms with Crippen molar-refractivity contribution in [1.29, 1.82) is 0 Å². The molecule has 0 atom stereocenters. The summed E-state index contributed by atoms with van der Waals surface area (Å²) in [5, 5.41) is 0. The van der Waals surface area contributed by atoms with Gasteiger partial charge in [-0.2, -0.15) is 4.98 Å². The molecule has 0 unspecified atom stereocenters. The molecular weight excluding hydrogens is 416 g/mol. The fourth-order valence-electron chi connectivity index (χ4n) is 3.97. The molecule has 33 heavy (non-hydrogen) atoms. The standard InChI is InChI=1S/C27H16N2O4/c30-25-19-13-7-8-14-22(19)33-27(31)20(25)15-24-28-26-21(29(24)18-11-5-2-6-12-18)16-23(32-26)17-9-3-1-4-10-17/h1-16H/b20-15-. The first-order valence-corrected chi connectivity index (χ1v) is 10.4. The Morgan fingerprint density at radius 2 is 1.52 bits per heavy atom. The quantitative estimate of drug-likeness (QED) is 0.164. The maximum Gasteiger partial charge on any atom is 0.347 e. The van der Waals surface area contributed by atoms with Gasteiger partial charge in [0.25, 0.3) is 0 Å². The number of ketones is 1. The Balaban J connectivity index is 1.54. The van der Waals surface area contributed by atoms with E-state index in [1.165, 1.54) is 6.08 Å². The van der Waals surface area contributed by atoms with E-state index in [1.807, 2.05) is 71.3 Å². The molecule has 0 amide bonds. The monoisotopic (exact) mass is 432 g/mol. The van der Waals surface area contributed by atoms with E-state index in [2.05, 4.69) is 4.98 Å². The van der Waals surface area contributed by atoms with E-state index in [0.29, 0.717) is 22.9 Å². The number of esters is 1. The lowest BCUT2D eigenvalue weighted by Gasteiger charge is -2.16. The summed E-state index contributed by atoms with van der Waals surface area (Å²) >= 11 is 0. The number of rotatable bonds is 3. The molecule has 3 aromatic carbocycles. The number of benzene rings is 3. The molecule has 2 aromatic heterocycles. The van der Waals surface area contributed by atoms with Crippen molar-refractivity contribution in [2.24, 2.45) is 0 Å². The van der Waals surface area contributed by atoms with Gasteiger partial charge in [0.2, 0.25) is 11.5 Å². The second-order valence-electron chi connectivity index (χ2n) is 7.58. The van der Waals surface area contributed by atoms with Gasteiger partial charge in [-0.1, -0.05) is 60.7 Å². The number of nitrogens with zero attached hydrogens (tertiary/aromatic N) is 2. The summed E-state index contributed by atoms with van der Waals surface area (Å²) in [6, 6.07) is 27.9. The number of aromatic nitrogens is 2. The third-order valence-corrected chi connectivity index (χ3v) is 5.52. The van der Waals surface area contributed by atoms with Crippen LogP contribution < -0.4 is 4.74 Å². The molecule has 3 heterocycles. The first-order chi connectivity index (χ1) is 16.2. The highest BCUT2D eigenvalue weighted by atomic mass is 16.5. The van der Waals surface area contributed by atoms with Crippen molar-refractivity contribution in [3.63, 3.8) is 0 Å². The number of hydrogen-bond acceptors (Lipinski definition) is 5. The minimum Gasteiger partial charge on any atom is -0.436 e. The molecule has 5 aromatic rings. The summed E-state index contributed by atoms with van der Waals surface area (Å²) in [5.41, 5.74) is 3.14. The van der Waals surface area contributed by atoms with Crippen molar-refractivity contribution in [2.75, 3.05) is 0 Å². The van der Waals surface area contributed by atoms with Gasteiger partial charge in [0.1, 0.15) is 28.4 Å². The molecule has 1 aliphatic heterocycles. The number of imidazole rings is 1. The zero-order valence-electron chi connectivity index (χ0n) is 17.3. The molecule has 0 saturated heterocycles. The van der Waals surface area contributed by atoms with Crippen molar-refractivity contribution in [2.45, 2.75) is 0 Å². The summed E-state index contributed by atoms with van der Waals surface area (Å²) in [5.74, 6) is 0.236. The van der Waals surface area contributed by atoms with Crippen LogP contribution in [0.5, 0.6) is 5.75 Å². The normalized spacial score (nSPS) is 14.5. The molecule has 0 aliphatic carbocycles. The van der Waals surface area contributed by atoms with E-state index >= 15 is 0 Å². The van der Waals surface area contributed by atoms with Crippen LogP contribution in [-0.2, 0) is 4.79 Å². The molecule has 1 aliphatic rings. The number of furan rings is 1. The predicted octanol–water partition coefficient (Wildman–Crippen LogP) is 5.47. The van der Waals surface area contributed by atoms with Crippen LogP contribution in [-0.4, -0.2) is 21.3 Å². The van der Waals surface area contributed by atoms with Gasteiger partial charge in [0.05, 0.1) is 5.56 Å². The van der Waals surface area contributed by atoms with Crippen molar-refractivity contribution < 1.29 is 18.7 Å². The summed E-state index contributed by atoms with van der Waals surface area (Å²) < 4.78 is 13.3. The molecule has 0 N–H and O–H groups in total. The fraction of sp³-hybridized carbons (Fsp3) is 0. The molecule has 0 bridgehead atoms. The van der Waals surface area contributed by atoms with E-state index in [-0.39, 0.29) is 11.3 Å². The minimum absolute atomic E-state index is 0.0817. The second kappa shape index (κ2) is 7.46. The molecule has 0 radical (unpaired) electrons. The lowest BCUT2D eigenvalue weighted by Crippen LogP contribution is -2.25. The first-order valence-electron chi connectivity index (χ1n) is 10.4. The number of fused-ring (bicyclic) bond motifs is 2. The molecule has 0 spiro atoms. The number of hydrogen-bond donors (Lipinski definition) is 0. The molecule has 6 nitrogen and oxygen atoms in total. The molecule has 6 heteroatoms. The van der Waals surface area contributed by atoms with Gasteiger partial charge in [0.15, 0.2) is 0 Å². The van der Waals surface area contributed by atoms with Gasteiger partial charge in [-0.25, -0.2) is 4.79 Å². The van der Waals surface area contributed by atoms with Crippen LogP contribution in [0, 0.1) is 0 Å². The van der Waals surface area contributed by atoms with Gasteiger partial charge in [-0.05, 0) is 24.3 Å². The van der Waals surface area contributed by atoms with Gasteiger partial charge in [-0.15, -0.1) is 0 Å². The lowest BCUT2D eigenvalue weighted by molar-refractivity contribution is -0.130. The number of ether oxygens (including phenoxy) is 1. The zero-order chi connectivity index (χ0) is 22.4. The predicted molar refractivity (Wildman–Crippen MR) is 123 cm³/mol. The van der Waals surface area contributed by atoms with E-state index in [9.17, 15) is 9.59 Å². The number of para-hydroxylation sites is 2. The second-order valence-corrected chi connectivity index (χ2v) is 7.58. The van der Waals surface area contributed by atoms with E-state index in [0.717, 1.165) is 16.8 Å². The van der Waals surface area contributed by atoms with Crippen molar-refractivity contribution in [1.82, 2.24) is 9.55 Å². The summed E-state index contributed by atoms with van der Waals surface area (Å²) in [6.07, 6.45) is 1.46. The maximum atomic E-state index is 13.0. The highest BCUT2D eigenvalue weighted by Gasteiger charge is 2.31. The summed E-state index contributed by atoms with van der Waals surface area (Å²) in [6.45, 7) is 0. The van der Waals surface area contributed by atoms with Gasteiger partial charge >= 0.3 is 5.97 Å². The Hall–Kier alpha value is -4.71. The van der Waals surface area contributed by atoms with Gasteiger partial charge < -0.3 is 9.15 Å². The summed E-state index contributed by atoms with van der Waals surface area (Å²) in [4.78, 5) is 30.3. The van der Waals surface area contributed by atoms with Crippen LogP contribution in [0.2, 0.25) is 0 Å². The van der Waals surface area contributed by atoms with Crippen molar-refractivity contribution in [3.8, 4) is 22.8 Å². The van der Waals surface area contributed by atoms with Crippen LogP contribution >= 0.6 is 0 Å². The maximum absolute atomic E-state index is 13.0. The topological polar surface area (TPSA) is 74.3 Å². The number of carbonyl (C=O) groups is 2. The molecule has 0 fully saturated rings. The van der Waals surface area contributed by atoms with Crippen molar-refractivity contribution in [3.05, 3.63) is 108 Å². The van der Waals surface area contributed by atoms with Crippen LogP contribution in [0.1, 0.15) is 16.2 Å². The largest absolute Gasteiger partial charge is 0.436 e. The molecular formula is C27H16N2O4. The number of Topliss-reactive ketones (excluding diaryl/α,β-unsaturated/α-hetero) is 1. The SMILES string of the molecule is O=C1Oc2ccccc2C(=O)/C1=C/c1nc2oc(-c3ccccc3)cc2n1-c1ccccc1. The average Bonchev–Trinajstić information content (AvgIpc) is 3.40. The van der Waals surface area contributed by atoms with Gasteiger partial charge in [0, 0.05) is 23.4 Å². The van der Waals surface area contributed by atoms with Crippen LogP contribution in [0.3, 0.4) is 0 Å². The third kappa shape index (κ3) is 3.16. The Morgan fingerprint density at radius 3 is 2.30 bits per heavy atom. The molecule has 0 saturated carbocycles. The van der Waals surface area contributed by atoms with Crippen LogP contribution in [0.25, 0.3) is 34.3 Å². The average molecular weight is 432 g/mol. The zero-order valence-corrected chi connectivity index (χ0v) is 17.3. The first kappa shape index (κ1) is 19.0. The van der Waals surface area contributed by atoms with E-state index in [1.54, 1.807) is 24.3 Å². The minimum atomic E-state index is -0.706. The number of carbonyl (C=O) groups excluding carboxylic acids is 2. The molecule has 6 rings (SSSR count). The lowest BCUT2D eigenvalue weighted by atomic mass is 9.99. The summed E-state index contributed by atoms with van der Waals surface area (Å²) in [7, 11) is 0. The Bertz CT molecular complexity index is 1560. The highest BCUT2D eigenvalue weighted by molar-refractivity contribution is 6.30. The Morgan fingerprint density at radius 1 is 0.818 bits per heavy atom. The smallest absolute Gasteiger partial charge is 0.347 e.